The molecule has 1 fully saturated rings. The van der Waals surface area contributed by atoms with E-state index in [1.54, 1.807) is 18.2 Å². The highest BCUT2D eigenvalue weighted by Crippen LogP contribution is 2.32. The van der Waals surface area contributed by atoms with Crippen molar-refractivity contribution in [3.05, 3.63) is 23.8 Å². The van der Waals surface area contributed by atoms with Crippen molar-refractivity contribution in [2.24, 2.45) is 11.7 Å². The summed E-state index contributed by atoms with van der Waals surface area (Å²) < 4.78 is 32.7. The maximum Gasteiger partial charge on any atom is 0.240 e. The second-order valence-corrected chi connectivity index (χ2v) is 7.52. The van der Waals surface area contributed by atoms with Gasteiger partial charge in [0.05, 0.1) is 4.90 Å². The van der Waals surface area contributed by atoms with Gasteiger partial charge in [0.2, 0.25) is 10.0 Å². The van der Waals surface area contributed by atoms with E-state index in [4.69, 9.17) is 10.5 Å². The van der Waals surface area contributed by atoms with Crippen LogP contribution in [0.25, 0.3) is 0 Å². The molecule has 2 unspecified atom stereocenters. The molecule has 0 aromatic heterocycles. The fourth-order valence-electron chi connectivity index (χ4n) is 2.55. The van der Waals surface area contributed by atoms with Crippen LogP contribution in [0.4, 0.5) is 0 Å². The molecule has 0 spiro atoms. The van der Waals surface area contributed by atoms with E-state index in [0.29, 0.717) is 12.5 Å². The van der Waals surface area contributed by atoms with E-state index in [1.165, 1.54) is 0 Å². The molecule has 7 heteroatoms. The van der Waals surface area contributed by atoms with Crippen LogP contribution in [-0.4, -0.2) is 27.1 Å². The first-order chi connectivity index (χ1) is 9.45. The van der Waals surface area contributed by atoms with Gasteiger partial charge in [-0.1, -0.05) is 0 Å². The molecule has 5 nitrogen and oxygen atoms in total. The predicted molar refractivity (Wildman–Crippen MR) is 83.4 cm³/mol. The predicted octanol–water partition coefficient (Wildman–Crippen LogP) is 1.45. The maximum absolute atomic E-state index is 12.3. The first-order valence-electron chi connectivity index (χ1n) is 7.00. The van der Waals surface area contributed by atoms with Crippen LogP contribution >= 0.6 is 12.4 Å². The van der Waals surface area contributed by atoms with Gasteiger partial charge in [-0.25, -0.2) is 13.1 Å². The van der Waals surface area contributed by atoms with Crippen molar-refractivity contribution in [1.82, 2.24) is 4.72 Å². The third-order valence-electron chi connectivity index (χ3n) is 3.91. The highest BCUT2D eigenvalue weighted by Gasteiger charge is 2.29. The summed E-state index contributed by atoms with van der Waals surface area (Å²) in [7, 11) is -3.49. The van der Waals surface area contributed by atoms with Crippen LogP contribution in [0.3, 0.4) is 0 Å². The van der Waals surface area contributed by atoms with E-state index in [-0.39, 0.29) is 29.4 Å². The van der Waals surface area contributed by atoms with Crippen molar-refractivity contribution in [2.45, 2.75) is 43.2 Å². The summed E-state index contributed by atoms with van der Waals surface area (Å²) in [5.41, 5.74) is 6.88. The molecule has 3 N–H and O–H groups in total. The first-order valence-corrected chi connectivity index (χ1v) is 8.49. The second kappa shape index (κ2) is 6.12. The fourth-order valence-corrected chi connectivity index (χ4v) is 3.67. The zero-order valence-electron chi connectivity index (χ0n) is 11.9. The van der Waals surface area contributed by atoms with Gasteiger partial charge in [-0.05, 0) is 49.4 Å². The summed E-state index contributed by atoms with van der Waals surface area (Å²) in [5.74, 6) is 1.26. The number of hydrogen-bond acceptors (Lipinski definition) is 4. The second-order valence-electron chi connectivity index (χ2n) is 5.76. The molecule has 2 aliphatic rings. The van der Waals surface area contributed by atoms with Gasteiger partial charge in [-0.3, -0.25) is 0 Å². The van der Waals surface area contributed by atoms with Gasteiger partial charge in [0.15, 0.2) is 0 Å². The fraction of sp³-hybridized carbons (Fsp3) is 0.571. The van der Waals surface area contributed by atoms with Crippen molar-refractivity contribution in [3.63, 3.8) is 0 Å². The van der Waals surface area contributed by atoms with Crippen LogP contribution in [0.15, 0.2) is 23.1 Å². The maximum atomic E-state index is 12.3. The van der Waals surface area contributed by atoms with Gasteiger partial charge in [0.1, 0.15) is 11.9 Å². The monoisotopic (exact) mass is 332 g/mol. The quantitative estimate of drug-likeness (QED) is 0.855. The third kappa shape index (κ3) is 3.69. The Balaban J connectivity index is 0.00000161. The Kier molecular flexibility index (Phi) is 4.82. The Bertz CT molecular complexity index is 617. The number of fused-ring (bicyclic) bond motifs is 1. The summed E-state index contributed by atoms with van der Waals surface area (Å²) in [5, 5.41) is 0. The molecular formula is C14H21ClN2O3S. The van der Waals surface area contributed by atoms with Crippen LogP contribution in [0.5, 0.6) is 5.75 Å². The molecule has 1 saturated carbocycles. The lowest BCUT2D eigenvalue weighted by molar-refractivity contribution is 0.254. The first kappa shape index (κ1) is 16.5. The number of sulfonamides is 1. The molecule has 1 aliphatic carbocycles. The Labute approximate surface area is 131 Å². The minimum Gasteiger partial charge on any atom is -0.490 e. The van der Waals surface area contributed by atoms with Gasteiger partial charge >= 0.3 is 0 Å². The number of benzene rings is 1. The third-order valence-corrected chi connectivity index (χ3v) is 5.34. The van der Waals surface area contributed by atoms with Gasteiger partial charge < -0.3 is 10.5 Å². The zero-order valence-corrected chi connectivity index (χ0v) is 13.5. The normalized spacial score (nSPS) is 22.1. The Morgan fingerprint density at radius 3 is 2.81 bits per heavy atom. The molecule has 3 rings (SSSR count). The number of nitrogens with one attached hydrogen (secondary N) is 1. The molecule has 2 atom stereocenters. The molecule has 21 heavy (non-hydrogen) atoms. The van der Waals surface area contributed by atoms with Crippen molar-refractivity contribution in [3.8, 4) is 5.75 Å². The summed E-state index contributed by atoms with van der Waals surface area (Å²) in [4.78, 5) is 0.289. The molecule has 1 aromatic carbocycles. The number of ether oxygens (including phenoxy) is 1. The highest BCUT2D eigenvalue weighted by atomic mass is 35.5. The average molecular weight is 333 g/mol. The molecule has 0 amide bonds. The van der Waals surface area contributed by atoms with Gasteiger partial charge in [0, 0.05) is 19.0 Å². The van der Waals surface area contributed by atoms with E-state index in [9.17, 15) is 8.42 Å². The van der Waals surface area contributed by atoms with E-state index in [1.807, 2.05) is 6.92 Å². The number of nitrogens with two attached hydrogens (primary N) is 1. The number of halogens is 1. The van der Waals surface area contributed by atoms with Crippen molar-refractivity contribution < 1.29 is 13.2 Å². The highest BCUT2D eigenvalue weighted by molar-refractivity contribution is 7.89. The number of hydrogen-bond donors (Lipinski definition) is 2. The van der Waals surface area contributed by atoms with E-state index < -0.39 is 10.0 Å². The summed E-state index contributed by atoms with van der Waals surface area (Å²) in [6.07, 6.45) is 3.08. The molecule has 1 aliphatic heterocycles. The molecule has 0 radical (unpaired) electrons. The van der Waals surface area contributed by atoms with E-state index in [0.717, 1.165) is 30.6 Å². The Morgan fingerprint density at radius 1 is 1.43 bits per heavy atom. The molecule has 1 heterocycles. The average Bonchev–Trinajstić information content (AvgIpc) is 3.17. The van der Waals surface area contributed by atoms with Crippen molar-refractivity contribution >= 4 is 22.4 Å². The molecule has 0 saturated heterocycles. The molecule has 118 valence electrons. The lowest BCUT2D eigenvalue weighted by Gasteiger charge is -2.12. The minimum absolute atomic E-state index is 0. The minimum atomic E-state index is -3.49. The summed E-state index contributed by atoms with van der Waals surface area (Å²) >= 11 is 0. The van der Waals surface area contributed by atoms with Gasteiger partial charge in [-0.15, -0.1) is 12.4 Å². The standard InChI is InChI=1S/C14H20N2O3S.ClH/c1-9-6-11-7-12(4-5-14(11)19-9)20(17,18)16-8-13(15)10-2-3-10;/h4-5,7,9-10,13,16H,2-3,6,8,15H2,1H3;1H. The van der Waals surface area contributed by atoms with Crippen LogP contribution in [0, 0.1) is 5.92 Å². The smallest absolute Gasteiger partial charge is 0.240 e. The Morgan fingerprint density at radius 2 is 2.14 bits per heavy atom. The lowest BCUT2D eigenvalue weighted by Crippen LogP contribution is -2.38. The van der Waals surface area contributed by atoms with Crippen molar-refractivity contribution in [2.75, 3.05) is 6.54 Å². The topological polar surface area (TPSA) is 81.4 Å². The van der Waals surface area contributed by atoms with E-state index >= 15 is 0 Å². The molecular weight excluding hydrogens is 312 g/mol. The van der Waals surface area contributed by atoms with E-state index in [2.05, 4.69) is 4.72 Å². The van der Waals surface area contributed by atoms with Gasteiger partial charge in [0.25, 0.3) is 0 Å². The van der Waals surface area contributed by atoms with Gasteiger partial charge in [-0.2, -0.15) is 0 Å². The lowest BCUT2D eigenvalue weighted by atomic mass is 10.1. The number of rotatable bonds is 5. The van der Waals surface area contributed by atoms with Crippen LogP contribution in [0.1, 0.15) is 25.3 Å². The van der Waals surface area contributed by atoms with Crippen LogP contribution in [-0.2, 0) is 16.4 Å². The van der Waals surface area contributed by atoms with Crippen molar-refractivity contribution in [1.29, 1.82) is 0 Å². The van der Waals surface area contributed by atoms with Crippen LogP contribution in [0.2, 0.25) is 0 Å². The molecule has 0 bridgehead atoms. The summed E-state index contributed by atoms with van der Waals surface area (Å²) in [6.45, 7) is 2.28. The largest absolute Gasteiger partial charge is 0.490 e. The Hall–Kier alpha value is -0.820. The van der Waals surface area contributed by atoms with Crippen LogP contribution < -0.4 is 15.2 Å². The zero-order chi connectivity index (χ0) is 14.3. The molecule has 1 aromatic rings. The SMILES string of the molecule is CC1Cc2cc(S(=O)(=O)NCC(N)C3CC3)ccc2O1.Cl. The summed E-state index contributed by atoms with van der Waals surface area (Å²) in [6, 6.07) is 4.93.